The third-order valence-corrected chi connectivity index (χ3v) is 6.89. The second kappa shape index (κ2) is 12.9. The van der Waals surface area contributed by atoms with Crippen LogP contribution in [0.1, 0.15) is 70.9 Å². The first-order valence-electron chi connectivity index (χ1n) is 13.3. The summed E-state index contributed by atoms with van der Waals surface area (Å²) >= 11 is 0. The maximum Gasteiger partial charge on any atom is 0.342 e. The van der Waals surface area contributed by atoms with Crippen LogP contribution >= 0.6 is 0 Å². The van der Waals surface area contributed by atoms with E-state index in [0.717, 1.165) is 28.2 Å². The summed E-state index contributed by atoms with van der Waals surface area (Å²) in [6.45, 7) is 1.07. The first-order chi connectivity index (χ1) is 18.7. The summed E-state index contributed by atoms with van der Waals surface area (Å²) in [6, 6.07) is 29.1. The molecular weight excluding hydrogens is 474 g/mol. The van der Waals surface area contributed by atoms with Crippen molar-refractivity contribution < 1.29 is 14.3 Å². The number of carbonyl (C=O) groups is 1. The molecule has 0 amide bonds. The van der Waals surface area contributed by atoms with Crippen LogP contribution in [-0.2, 0) is 24.5 Å². The lowest BCUT2D eigenvalue weighted by molar-refractivity contribution is 0.0467. The zero-order valence-corrected chi connectivity index (χ0v) is 21.5. The first kappa shape index (κ1) is 25.5. The Morgan fingerprint density at radius 1 is 0.789 bits per heavy atom. The minimum atomic E-state index is -0.423. The quantitative estimate of drug-likeness (QED) is 0.231. The maximum atomic E-state index is 13.0. The average molecular weight is 508 g/mol. The second-order valence-corrected chi connectivity index (χ2v) is 9.68. The van der Waals surface area contributed by atoms with Crippen molar-refractivity contribution in [3.05, 3.63) is 119 Å². The number of ether oxygens (including phenoxy) is 2. The summed E-state index contributed by atoms with van der Waals surface area (Å²) in [7, 11) is 0. The summed E-state index contributed by atoms with van der Waals surface area (Å²) in [5.74, 6) is 0.583. The van der Waals surface area contributed by atoms with Gasteiger partial charge in [-0.1, -0.05) is 79.9 Å². The van der Waals surface area contributed by atoms with Crippen LogP contribution in [0.4, 0.5) is 5.69 Å². The van der Waals surface area contributed by atoms with E-state index in [1.807, 2.05) is 78.9 Å². The molecule has 6 nitrogen and oxygen atoms in total. The predicted octanol–water partition coefficient (Wildman–Crippen LogP) is 7.07. The van der Waals surface area contributed by atoms with Gasteiger partial charge in [-0.2, -0.15) is 10.2 Å². The molecule has 0 unspecified atom stereocenters. The summed E-state index contributed by atoms with van der Waals surface area (Å²) in [4.78, 5) is 13.0. The Balaban J connectivity index is 1.26. The lowest BCUT2D eigenvalue weighted by Crippen LogP contribution is -2.10. The molecule has 5 rings (SSSR count). The van der Waals surface area contributed by atoms with Crippen LogP contribution in [0.25, 0.3) is 0 Å². The van der Waals surface area contributed by atoms with Crippen LogP contribution in [0.2, 0.25) is 0 Å². The number of hydrogen-bond donors (Lipinski definition) is 1. The van der Waals surface area contributed by atoms with E-state index in [1.54, 1.807) is 6.07 Å². The molecule has 0 atom stereocenters. The maximum absolute atomic E-state index is 13.0. The molecule has 1 saturated carbocycles. The average Bonchev–Trinajstić information content (AvgIpc) is 2.99. The second-order valence-electron chi connectivity index (χ2n) is 9.68. The van der Waals surface area contributed by atoms with E-state index in [1.165, 1.54) is 32.1 Å². The summed E-state index contributed by atoms with van der Waals surface area (Å²) in [5.41, 5.74) is 5.13. The van der Waals surface area contributed by atoms with Gasteiger partial charge in [-0.3, -0.25) is 0 Å². The molecule has 1 aliphatic carbocycles. The Morgan fingerprint density at radius 3 is 2.18 bits per heavy atom. The number of anilines is 1. The number of aromatic nitrogens is 2. The zero-order chi connectivity index (χ0) is 26.0. The molecule has 1 aliphatic rings. The molecule has 0 spiro atoms. The number of carbonyl (C=O) groups excluding carboxylic acids is 1. The van der Waals surface area contributed by atoms with Crippen molar-refractivity contribution in [1.82, 2.24) is 10.2 Å². The smallest absolute Gasteiger partial charge is 0.342 e. The molecule has 194 valence electrons. The zero-order valence-electron chi connectivity index (χ0n) is 21.5. The highest BCUT2D eigenvalue weighted by atomic mass is 16.5. The lowest BCUT2D eigenvalue weighted by Gasteiger charge is -2.20. The number of hydrogen-bond acceptors (Lipinski definition) is 6. The molecule has 6 heteroatoms. The standard InChI is InChI=1S/C32H33N3O3/c36-32(38-23-25-12-6-2-7-13-25)29-18-16-27(20-31(29)37-22-24-10-4-1-5-11-24)33-21-28-17-19-30(35-34-28)26-14-8-3-9-15-26/h1-2,4-7,10-13,16-20,26,33H,3,8-9,14-15,21-23H2. The van der Waals surface area contributed by atoms with E-state index in [-0.39, 0.29) is 6.61 Å². The van der Waals surface area contributed by atoms with Crippen LogP contribution in [0.5, 0.6) is 5.75 Å². The summed E-state index contributed by atoms with van der Waals surface area (Å²) in [6.07, 6.45) is 6.29. The monoisotopic (exact) mass is 507 g/mol. The molecule has 3 aromatic carbocycles. The van der Waals surface area contributed by atoms with Crippen molar-refractivity contribution in [3.63, 3.8) is 0 Å². The molecule has 0 radical (unpaired) electrons. The van der Waals surface area contributed by atoms with Gasteiger partial charge in [0, 0.05) is 17.7 Å². The third kappa shape index (κ3) is 6.97. The van der Waals surface area contributed by atoms with Gasteiger partial charge in [0.25, 0.3) is 0 Å². The van der Waals surface area contributed by atoms with E-state index in [9.17, 15) is 4.79 Å². The molecular formula is C32H33N3O3. The Kier molecular flexibility index (Phi) is 8.62. The van der Waals surface area contributed by atoms with Crippen LogP contribution in [0, 0.1) is 0 Å². The van der Waals surface area contributed by atoms with Gasteiger partial charge in [-0.15, -0.1) is 0 Å². The number of nitrogens with one attached hydrogen (secondary N) is 1. The van der Waals surface area contributed by atoms with Crippen LogP contribution < -0.4 is 10.1 Å². The normalized spacial score (nSPS) is 13.6. The number of benzene rings is 3. The molecule has 0 aliphatic heterocycles. The van der Waals surface area contributed by atoms with Crippen molar-refractivity contribution in [2.24, 2.45) is 0 Å². The Hall–Kier alpha value is -4.19. The van der Waals surface area contributed by atoms with Gasteiger partial charge in [0.05, 0.1) is 17.9 Å². The van der Waals surface area contributed by atoms with E-state index in [2.05, 4.69) is 21.6 Å². The van der Waals surface area contributed by atoms with E-state index in [4.69, 9.17) is 9.47 Å². The van der Waals surface area contributed by atoms with Gasteiger partial charge in [0.15, 0.2) is 0 Å². The van der Waals surface area contributed by atoms with Gasteiger partial charge in [0.2, 0.25) is 0 Å². The highest BCUT2D eigenvalue weighted by molar-refractivity contribution is 5.93. The van der Waals surface area contributed by atoms with Crippen LogP contribution in [-0.4, -0.2) is 16.2 Å². The Morgan fingerprint density at radius 2 is 1.50 bits per heavy atom. The van der Waals surface area contributed by atoms with Crippen molar-refractivity contribution >= 4 is 11.7 Å². The van der Waals surface area contributed by atoms with Crippen LogP contribution in [0.3, 0.4) is 0 Å². The SMILES string of the molecule is O=C(OCc1ccccc1)c1ccc(NCc2ccc(C3CCCCC3)nn2)cc1OCc1ccccc1. The fourth-order valence-corrected chi connectivity index (χ4v) is 4.73. The molecule has 1 heterocycles. The topological polar surface area (TPSA) is 73.3 Å². The molecule has 0 saturated heterocycles. The van der Waals surface area contributed by atoms with Gasteiger partial charge in [-0.05, 0) is 48.2 Å². The lowest BCUT2D eigenvalue weighted by atomic mass is 9.87. The van der Waals surface area contributed by atoms with E-state index in [0.29, 0.717) is 30.4 Å². The van der Waals surface area contributed by atoms with Crippen LogP contribution in [0.15, 0.2) is 91.0 Å². The molecule has 1 aromatic heterocycles. The number of nitrogens with zero attached hydrogens (tertiary/aromatic N) is 2. The largest absolute Gasteiger partial charge is 0.488 e. The summed E-state index contributed by atoms with van der Waals surface area (Å²) in [5, 5.41) is 12.3. The third-order valence-electron chi connectivity index (χ3n) is 6.89. The summed E-state index contributed by atoms with van der Waals surface area (Å²) < 4.78 is 11.7. The van der Waals surface area contributed by atoms with Gasteiger partial charge in [-0.25, -0.2) is 4.79 Å². The van der Waals surface area contributed by atoms with Gasteiger partial charge in [0.1, 0.15) is 24.5 Å². The fraction of sp³-hybridized carbons (Fsp3) is 0.281. The molecule has 4 aromatic rings. The predicted molar refractivity (Wildman–Crippen MR) is 148 cm³/mol. The molecule has 1 fully saturated rings. The first-order valence-corrected chi connectivity index (χ1v) is 13.3. The highest BCUT2D eigenvalue weighted by Crippen LogP contribution is 2.31. The minimum Gasteiger partial charge on any atom is -0.488 e. The Labute approximate surface area is 224 Å². The van der Waals surface area contributed by atoms with Gasteiger partial charge >= 0.3 is 5.97 Å². The fourth-order valence-electron chi connectivity index (χ4n) is 4.73. The number of rotatable bonds is 10. The Bertz CT molecular complexity index is 1310. The van der Waals surface area contributed by atoms with Crippen molar-refractivity contribution in [1.29, 1.82) is 0 Å². The van der Waals surface area contributed by atoms with Crippen molar-refractivity contribution in [3.8, 4) is 5.75 Å². The number of esters is 1. The molecule has 38 heavy (non-hydrogen) atoms. The minimum absolute atomic E-state index is 0.202. The van der Waals surface area contributed by atoms with E-state index >= 15 is 0 Å². The van der Waals surface area contributed by atoms with Crippen molar-refractivity contribution in [2.45, 2.75) is 57.8 Å². The van der Waals surface area contributed by atoms with Crippen molar-refractivity contribution in [2.75, 3.05) is 5.32 Å². The highest BCUT2D eigenvalue weighted by Gasteiger charge is 2.18. The molecule has 1 N–H and O–H groups in total. The van der Waals surface area contributed by atoms with Gasteiger partial charge < -0.3 is 14.8 Å². The van der Waals surface area contributed by atoms with E-state index < -0.39 is 5.97 Å². The molecule has 0 bridgehead atoms.